The van der Waals surface area contributed by atoms with E-state index in [2.05, 4.69) is 42.9 Å². The largest absolute Gasteiger partial charge is 0.444 e. The highest BCUT2D eigenvalue weighted by molar-refractivity contribution is 6.24. The van der Waals surface area contributed by atoms with Crippen LogP contribution in [-0.4, -0.2) is 132 Å². The van der Waals surface area contributed by atoms with Gasteiger partial charge in [0.2, 0.25) is 17.7 Å². The number of hydrogen-bond acceptors (Lipinski definition) is 15. The smallest absolute Gasteiger partial charge is 0.405 e. The lowest BCUT2D eigenvalue weighted by molar-refractivity contribution is -0.136. The number of nitrogens with one attached hydrogen (secondary N) is 3. The summed E-state index contributed by atoms with van der Waals surface area (Å²) >= 11 is 0. The molecule has 0 radical (unpaired) electrons. The van der Waals surface area contributed by atoms with Crippen molar-refractivity contribution in [1.82, 2.24) is 30.0 Å². The summed E-state index contributed by atoms with van der Waals surface area (Å²) in [4.78, 5) is 84.2. The molecular weight excluding hydrogens is 924 g/mol. The van der Waals surface area contributed by atoms with E-state index in [0.29, 0.717) is 50.9 Å². The lowest BCUT2D eigenvalue weighted by atomic mass is 10.0. The lowest BCUT2D eigenvalue weighted by Crippen LogP contribution is -2.54. The number of alkyl halides is 3. The molecule has 2 aromatic carbocycles. The summed E-state index contributed by atoms with van der Waals surface area (Å²) < 4.78 is 66.9. The van der Waals surface area contributed by atoms with Crippen LogP contribution in [0.5, 0.6) is 0 Å². The number of piperidine rings is 1. The first-order valence-electron chi connectivity index (χ1n) is 21.9. The Morgan fingerprint density at radius 1 is 0.914 bits per heavy atom. The molecule has 6 amide bonds. The summed E-state index contributed by atoms with van der Waals surface area (Å²) in [5.41, 5.74) is 7.76. The number of fused-ring (bicyclic) bond motifs is 1. The predicted molar refractivity (Wildman–Crippen MR) is 241 cm³/mol. The standard InChI is InChI=1S/C47H46F3N9O11/c48-47(49,50)28-53-37-25-31(15-16-52-37)44-55-35(27-70-44)42(62)54-34-26-58(57-40(34)41(51)61)32-11-9-29(10-12-32)5-1-2-17-66-19-21-68-23-24-69-22-20-67-18-4-7-30-6-3-8-33-39(30)46(65)59(45(33)64)36-13-14-38(60)56-43(36)63/h3,6,8-12,15-16,25-27,36H,1-2,5,13-14,17-24,28H2,(H2,51,61)(H,52,53)(H,54,62)(H,56,60,63). The number of primary amides is 1. The van der Waals surface area contributed by atoms with Crippen LogP contribution < -0.4 is 21.7 Å². The average molecular weight is 970 g/mol. The number of carbonyl (C=O) groups is 6. The van der Waals surface area contributed by atoms with Crippen molar-refractivity contribution in [3.05, 3.63) is 107 Å². The Kier molecular flexibility index (Phi) is 16.8. The van der Waals surface area contributed by atoms with Crippen molar-refractivity contribution in [1.29, 1.82) is 0 Å². The summed E-state index contributed by atoms with van der Waals surface area (Å²) in [5, 5.41) is 11.2. The minimum absolute atomic E-state index is 0.0230. The topological polar surface area (TPSA) is 261 Å². The number of imide groups is 2. The van der Waals surface area contributed by atoms with Gasteiger partial charge in [-0.2, -0.15) is 18.3 Å². The fourth-order valence-corrected chi connectivity index (χ4v) is 7.21. The molecule has 1 fully saturated rings. The fourth-order valence-electron chi connectivity index (χ4n) is 7.21. The van der Waals surface area contributed by atoms with Crippen molar-refractivity contribution in [3.63, 3.8) is 0 Å². The molecule has 1 atom stereocenters. The third-order valence-corrected chi connectivity index (χ3v) is 10.6. The van der Waals surface area contributed by atoms with E-state index in [9.17, 15) is 41.9 Å². The molecule has 20 nitrogen and oxygen atoms in total. The Morgan fingerprint density at radius 2 is 1.64 bits per heavy atom. The number of halogens is 3. The molecule has 5 N–H and O–H groups in total. The first kappa shape index (κ1) is 50.1. The van der Waals surface area contributed by atoms with Gasteiger partial charge in [0.1, 0.15) is 31.3 Å². The van der Waals surface area contributed by atoms with Crippen molar-refractivity contribution in [2.45, 2.75) is 44.3 Å². The minimum atomic E-state index is -4.45. The second kappa shape index (κ2) is 23.5. The summed E-state index contributed by atoms with van der Waals surface area (Å²) in [6.07, 6.45) is 1.88. The summed E-state index contributed by atoms with van der Waals surface area (Å²) in [5.74, 6) is 1.62. The van der Waals surface area contributed by atoms with E-state index in [1.807, 2.05) is 24.3 Å². The molecule has 2 aliphatic rings. The molecule has 5 aromatic rings. The van der Waals surface area contributed by atoms with Crippen LogP contribution in [0.15, 0.2) is 77.7 Å². The lowest BCUT2D eigenvalue weighted by Gasteiger charge is -2.27. The van der Waals surface area contributed by atoms with Crippen molar-refractivity contribution >= 4 is 46.9 Å². The van der Waals surface area contributed by atoms with E-state index in [1.165, 1.54) is 35.3 Å². The molecule has 0 spiro atoms. The third-order valence-electron chi connectivity index (χ3n) is 10.6. The van der Waals surface area contributed by atoms with Crippen LogP contribution >= 0.6 is 0 Å². The first-order valence-corrected chi connectivity index (χ1v) is 21.9. The van der Waals surface area contributed by atoms with Gasteiger partial charge in [-0.3, -0.25) is 39.0 Å². The Balaban J connectivity index is 0.732. The van der Waals surface area contributed by atoms with Crippen LogP contribution in [0.4, 0.5) is 24.7 Å². The van der Waals surface area contributed by atoms with Gasteiger partial charge in [0.15, 0.2) is 11.4 Å². The molecule has 0 saturated carbocycles. The monoisotopic (exact) mass is 969 g/mol. The van der Waals surface area contributed by atoms with Gasteiger partial charge in [0.05, 0.1) is 68.3 Å². The number of benzene rings is 2. The van der Waals surface area contributed by atoms with Crippen LogP contribution in [0.1, 0.15) is 78.5 Å². The maximum absolute atomic E-state index is 13.2. The van der Waals surface area contributed by atoms with Crippen LogP contribution in [0.2, 0.25) is 0 Å². The molecule has 3 aromatic heterocycles. The highest BCUT2D eigenvalue weighted by Crippen LogP contribution is 2.30. The number of rotatable bonds is 23. The van der Waals surface area contributed by atoms with Gasteiger partial charge >= 0.3 is 6.18 Å². The van der Waals surface area contributed by atoms with Gasteiger partial charge in [-0.25, -0.2) is 14.6 Å². The maximum atomic E-state index is 13.2. The number of hydrogen-bond donors (Lipinski definition) is 4. The third kappa shape index (κ3) is 13.3. The highest BCUT2D eigenvalue weighted by Gasteiger charge is 2.45. The quantitative estimate of drug-likeness (QED) is 0.0408. The molecule has 2 aliphatic heterocycles. The number of amides is 6. The van der Waals surface area contributed by atoms with Crippen LogP contribution in [0.25, 0.3) is 17.1 Å². The number of ether oxygens (including phenoxy) is 4. The van der Waals surface area contributed by atoms with E-state index < -0.39 is 54.2 Å². The molecule has 366 valence electrons. The van der Waals surface area contributed by atoms with Crippen molar-refractivity contribution in [3.8, 4) is 29.0 Å². The number of oxazole rings is 1. The van der Waals surface area contributed by atoms with Crippen LogP contribution in [-0.2, 0) is 35.0 Å². The van der Waals surface area contributed by atoms with Crippen LogP contribution in [0, 0.1) is 11.8 Å². The number of unbranched alkanes of at least 4 members (excludes halogenated alkanes) is 1. The Morgan fingerprint density at radius 3 is 2.36 bits per heavy atom. The number of nitrogens with two attached hydrogens (primary N) is 1. The number of nitrogens with zero attached hydrogens (tertiary/aromatic N) is 5. The van der Waals surface area contributed by atoms with E-state index >= 15 is 0 Å². The van der Waals surface area contributed by atoms with Crippen LogP contribution in [0.3, 0.4) is 0 Å². The second-order valence-electron chi connectivity index (χ2n) is 15.6. The zero-order valence-electron chi connectivity index (χ0n) is 37.3. The number of aryl methyl sites for hydroxylation is 1. The molecule has 1 saturated heterocycles. The predicted octanol–water partition coefficient (Wildman–Crippen LogP) is 4.09. The number of carbonyl (C=O) groups excluding carboxylic acids is 6. The van der Waals surface area contributed by atoms with Gasteiger partial charge in [-0.1, -0.05) is 30.0 Å². The van der Waals surface area contributed by atoms with E-state index in [1.54, 1.807) is 12.1 Å². The normalized spacial score (nSPS) is 14.6. The zero-order valence-corrected chi connectivity index (χ0v) is 37.3. The van der Waals surface area contributed by atoms with Gasteiger partial charge in [0.25, 0.3) is 23.6 Å². The van der Waals surface area contributed by atoms with Gasteiger partial charge in [-0.05, 0) is 67.6 Å². The Labute approximate surface area is 397 Å². The molecule has 23 heteroatoms. The van der Waals surface area contributed by atoms with Gasteiger partial charge in [-0.15, -0.1) is 0 Å². The maximum Gasteiger partial charge on any atom is 0.405 e. The minimum Gasteiger partial charge on any atom is -0.444 e. The summed E-state index contributed by atoms with van der Waals surface area (Å²) in [7, 11) is 0. The number of pyridine rings is 1. The second-order valence-corrected chi connectivity index (χ2v) is 15.6. The zero-order chi connectivity index (χ0) is 49.6. The van der Waals surface area contributed by atoms with Crippen molar-refractivity contribution in [2.24, 2.45) is 5.73 Å². The molecule has 7 rings (SSSR count). The molecule has 70 heavy (non-hydrogen) atoms. The first-order chi connectivity index (χ1) is 33.8. The molecular formula is C47H46F3N9O11. The fraction of sp³-hybridized carbons (Fsp3) is 0.340. The Bertz CT molecular complexity index is 2780. The average Bonchev–Trinajstić information content (AvgIpc) is 4.07. The summed E-state index contributed by atoms with van der Waals surface area (Å²) in [6, 6.07) is 13.9. The molecule has 0 bridgehead atoms. The molecule has 5 heterocycles. The van der Waals surface area contributed by atoms with Gasteiger partial charge in [0, 0.05) is 30.4 Å². The number of anilines is 2. The SMILES string of the molecule is NC(=O)c1nn(-c2ccc(CCCCOCCOCCOCCOCC#Cc3cccc4c3C(=O)N(C3CCC(=O)NC3=O)C4=O)cc2)cc1NC(=O)c1coc(-c2ccnc(NCC(F)(F)F)c2)n1. The molecule has 0 aliphatic carbocycles. The number of aromatic nitrogens is 4. The van der Waals surface area contributed by atoms with E-state index in [4.69, 9.17) is 29.1 Å². The van der Waals surface area contributed by atoms with E-state index in [0.717, 1.165) is 36.0 Å². The Hall–Kier alpha value is -7.78. The van der Waals surface area contributed by atoms with E-state index in [-0.39, 0.29) is 71.5 Å². The summed E-state index contributed by atoms with van der Waals surface area (Å²) in [6.45, 7) is 1.47. The molecule has 1 unspecified atom stereocenters. The van der Waals surface area contributed by atoms with Crippen molar-refractivity contribution in [2.75, 3.05) is 70.0 Å². The highest BCUT2D eigenvalue weighted by atomic mass is 19.4. The van der Waals surface area contributed by atoms with Gasteiger partial charge < -0.3 is 39.7 Å². The van der Waals surface area contributed by atoms with Crippen molar-refractivity contribution < 1.29 is 65.3 Å².